The molecular formula is C34H31Cl2P2Rh. The van der Waals surface area contributed by atoms with Gasteiger partial charge in [-0.25, -0.2) is 0 Å². The number of hydrogen-bond donors (Lipinski definition) is 0. The van der Waals surface area contributed by atoms with Crippen LogP contribution in [0.15, 0.2) is 146 Å². The predicted octanol–water partition coefficient (Wildman–Crippen LogP) is 4.91. The van der Waals surface area contributed by atoms with Crippen molar-refractivity contribution in [2.24, 2.45) is 0 Å². The van der Waals surface area contributed by atoms with E-state index in [4.69, 9.17) is 11.6 Å². The summed E-state index contributed by atoms with van der Waals surface area (Å²) < 4.78 is 0. The third kappa shape index (κ3) is 8.82. The average Bonchev–Trinajstić information content (AvgIpc) is 2.97. The topological polar surface area (TPSA) is 0 Å². The van der Waals surface area contributed by atoms with Gasteiger partial charge in [-0.05, 0) is 79.4 Å². The molecule has 0 radical (unpaired) electrons. The summed E-state index contributed by atoms with van der Waals surface area (Å²) in [6.45, 7) is 0. The first kappa shape index (κ1) is 31.7. The summed E-state index contributed by atoms with van der Waals surface area (Å²) in [5.41, 5.74) is 1.89. The molecule has 5 rings (SSSR count). The Balaban J connectivity index is 0.00000210. The summed E-state index contributed by atoms with van der Waals surface area (Å²) in [5, 5.41) is 6.63. The second-order valence-electron chi connectivity index (χ2n) is 9.14. The fourth-order valence-corrected chi connectivity index (χ4v) is 11.0. The summed E-state index contributed by atoms with van der Waals surface area (Å²) in [5.74, 6) is 0. The van der Waals surface area contributed by atoms with Crippen LogP contribution in [0.25, 0.3) is 0 Å². The molecular weight excluding hydrogens is 644 g/mol. The van der Waals surface area contributed by atoms with Crippen molar-refractivity contribution >= 4 is 48.7 Å². The third-order valence-electron chi connectivity index (χ3n) is 6.64. The van der Waals surface area contributed by atoms with Crippen molar-refractivity contribution in [2.75, 3.05) is 6.16 Å². The molecule has 0 aromatic heterocycles. The van der Waals surface area contributed by atoms with Gasteiger partial charge >= 0.3 is 19.5 Å². The van der Waals surface area contributed by atoms with Crippen LogP contribution in [0.4, 0.5) is 0 Å². The van der Waals surface area contributed by atoms with Gasteiger partial charge < -0.3 is 12.4 Å². The van der Waals surface area contributed by atoms with Crippen LogP contribution < -0.4 is 33.6 Å². The van der Waals surface area contributed by atoms with Gasteiger partial charge in [0.15, 0.2) is 0 Å². The molecule has 0 bridgehead atoms. The number of hydrogen-bond acceptors (Lipinski definition) is 0. The maximum absolute atomic E-state index is 6.20. The number of benzene rings is 5. The Morgan fingerprint density at radius 3 is 1.31 bits per heavy atom. The number of rotatable bonds is 10. The molecule has 0 fully saturated rings. The van der Waals surface area contributed by atoms with E-state index in [1.165, 1.54) is 26.8 Å². The van der Waals surface area contributed by atoms with Gasteiger partial charge in [0.05, 0.1) is 0 Å². The van der Waals surface area contributed by atoms with E-state index in [9.17, 15) is 0 Å². The first-order chi connectivity index (χ1) is 18.3. The molecule has 1 unspecified atom stereocenters. The van der Waals surface area contributed by atoms with E-state index in [0.29, 0.717) is 5.66 Å². The Morgan fingerprint density at radius 1 is 0.513 bits per heavy atom. The Hall–Kier alpha value is -1.84. The first-order valence-electron chi connectivity index (χ1n) is 12.8. The number of halogens is 2. The van der Waals surface area contributed by atoms with E-state index in [2.05, 4.69) is 133 Å². The van der Waals surface area contributed by atoms with Gasteiger partial charge in [0.2, 0.25) is 0 Å². The van der Waals surface area contributed by atoms with Crippen LogP contribution in [0.3, 0.4) is 0 Å². The van der Waals surface area contributed by atoms with Crippen LogP contribution in [0.1, 0.15) is 12.0 Å². The molecule has 0 aliphatic heterocycles. The van der Waals surface area contributed by atoms with E-state index >= 15 is 0 Å². The molecule has 0 amide bonds. The molecule has 1 atom stereocenters. The third-order valence-corrected chi connectivity index (χ3v) is 12.7. The van der Waals surface area contributed by atoms with Gasteiger partial charge in [-0.2, -0.15) is 0 Å². The fourth-order valence-electron chi connectivity index (χ4n) is 4.82. The van der Waals surface area contributed by atoms with Gasteiger partial charge in [0.25, 0.3) is 0 Å². The quantitative estimate of drug-likeness (QED) is 0.146. The second kappa shape index (κ2) is 16.4. The van der Waals surface area contributed by atoms with Gasteiger partial charge in [0.1, 0.15) is 0 Å². The summed E-state index contributed by atoms with van der Waals surface area (Å²) >= 11 is 6.20. The molecule has 0 nitrogen and oxygen atoms in total. The Labute approximate surface area is 259 Å². The second-order valence-corrected chi connectivity index (χ2v) is 14.3. The SMILES string of the molecule is Clc1ccc(CCC(CP(c2ccccc2)c2ccccc2)P(c2ccccc2)c2ccccc2)cc1.[Cl-].[Rh+]. The van der Waals surface area contributed by atoms with Gasteiger partial charge in [-0.15, -0.1) is 0 Å². The molecule has 0 heterocycles. The van der Waals surface area contributed by atoms with Crippen LogP contribution in [0, 0.1) is 0 Å². The van der Waals surface area contributed by atoms with Crippen LogP contribution in [-0.2, 0) is 25.9 Å². The summed E-state index contributed by atoms with van der Waals surface area (Å²) in [4.78, 5) is 0. The van der Waals surface area contributed by atoms with E-state index in [1.54, 1.807) is 0 Å². The van der Waals surface area contributed by atoms with Crippen LogP contribution in [0.5, 0.6) is 0 Å². The van der Waals surface area contributed by atoms with Crippen molar-refractivity contribution < 1.29 is 31.9 Å². The molecule has 0 aliphatic rings. The van der Waals surface area contributed by atoms with Crippen molar-refractivity contribution in [3.8, 4) is 0 Å². The Bertz CT molecular complexity index is 1270. The smallest absolute Gasteiger partial charge is 1.00 e. The molecule has 5 heteroatoms. The molecule has 39 heavy (non-hydrogen) atoms. The Morgan fingerprint density at radius 2 is 0.897 bits per heavy atom. The molecule has 200 valence electrons. The van der Waals surface area contributed by atoms with Crippen LogP contribution in [-0.4, -0.2) is 11.8 Å². The zero-order chi connectivity index (χ0) is 25.3. The molecule has 5 aromatic rings. The van der Waals surface area contributed by atoms with E-state index in [-0.39, 0.29) is 31.9 Å². The number of aryl methyl sites for hydroxylation is 1. The first-order valence-corrected chi connectivity index (χ1v) is 16.1. The molecule has 5 aromatic carbocycles. The maximum atomic E-state index is 6.20. The standard InChI is InChI=1S/C34H31ClP2.ClH.Rh/c35-29-24-21-28(22-25-29)23-26-34(37(32-17-9-3-10-18-32)33-19-11-4-12-20-33)27-36(30-13-5-1-6-14-30)31-15-7-2-8-16-31;;/h1-22,24-25,34H,23,26-27H2;1H;/q;;+1/p-1. The Kier molecular flexibility index (Phi) is 13.4. The van der Waals surface area contributed by atoms with Crippen molar-refractivity contribution in [1.29, 1.82) is 0 Å². The minimum atomic E-state index is -0.540. The largest absolute Gasteiger partial charge is 1.00 e. The van der Waals surface area contributed by atoms with Gasteiger partial charge in [-0.1, -0.05) is 145 Å². The minimum absolute atomic E-state index is 0. The molecule has 0 N–H and O–H groups in total. The molecule has 0 saturated carbocycles. The predicted molar refractivity (Wildman–Crippen MR) is 167 cm³/mol. The van der Waals surface area contributed by atoms with Gasteiger partial charge in [-0.3, -0.25) is 0 Å². The minimum Gasteiger partial charge on any atom is -1.00 e. The summed E-state index contributed by atoms with van der Waals surface area (Å²) in [6, 6.07) is 53.1. The van der Waals surface area contributed by atoms with Crippen molar-refractivity contribution in [1.82, 2.24) is 0 Å². The van der Waals surface area contributed by atoms with Crippen molar-refractivity contribution in [2.45, 2.75) is 18.5 Å². The molecule has 0 aliphatic carbocycles. The normalized spacial score (nSPS) is 11.5. The van der Waals surface area contributed by atoms with Crippen molar-refractivity contribution in [3.05, 3.63) is 156 Å². The zero-order valence-corrected chi connectivity index (χ0v) is 26.5. The van der Waals surface area contributed by atoms with E-state index in [0.717, 1.165) is 24.0 Å². The monoisotopic (exact) mass is 674 g/mol. The zero-order valence-electron chi connectivity index (χ0n) is 21.5. The maximum Gasteiger partial charge on any atom is 1.00 e. The van der Waals surface area contributed by atoms with E-state index in [1.807, 2.05) is 12.1 Å². The fraction of sp³-hybridized carbons (Fsp3) is 0.118. The van der Waals surface area contributed by atoms with Crippen LogP contribution in [0.2, 0.25) is 5.02 Å². The van der Waals surface area contributed by atoms with Crippen molar-refractivity contribution in [3.63, 3.8) is 0 Å². The molecule has 0 saturated heterocycles. The summed E-state index contributed by atoms with van der Waals surface area (Å²) in [6.07, 6.45) is 3.34. The van der Waals surface area contributed by atoms with Gasteiger partial charge in [0, 0.05) is 5.02 Å². The van der Waals surface area contributed by atoms with E-state index < -0.39 is 15.8 Å². The average molecular weight is 675 g/mol. The molecule has 0 spiro atoms. The summed E-state index contributed by atoms with van der Waals surface area (Å²) in [7, 11) is -1.03. The van der Waals surface area contributed by atoms with Crippen LogP contribution >= 0.6 is 27.4 Å².